The molecular formula is C17H21NO2. The Bertz CT molecular complexity index is 534. The number of aliphatic hydroxyl groups excluding tert-OH is 1. The lowest BCUT2D eigenvalue weighted by Crippen LogP contribution is -2.15. The zero-order valence-electron chi connectivity index (χ0n) is 11.9. The molecule has 1 fully saturated rings. The van der Waals surface area contributed by atoms with Gasteiger partial charge in [-0.05, 0) is 49.4 Å². The van der Waals surface area contributed by atoms with E-state index in [1.54, 1.807) is 0 Å². The fourth-order valence-corrected chi connectivity index (χ4v) is 2.76. The van der Waals surface area contributed by atoms with Crippen molar-refractivity contribution >= 4 is 11.6 Å². The van der Waals surface area contributed by atoms with Gasteiger partial charge in [0.2, 0.25) is 5.91 Å². The third-order valence-corrected chi connectivity index (χ3v) is 3.62. The van der Waals surface area contributed by atoms with Crippen molar-refractivity contribution in [3.05, 3.63) is 29.3 Å². The third-order valence-electron chi connectivity index (χ3n) is 3.62. The lowest BCUT2D eigenvalue weighted by atomic mass is 10.0. The van der Waals surface area contributed by atoms with Gasteiger partial charge in [0.1, 0.15) is 6.61 Å². The van der Waals surface area contributed by atoms with Crippen LogP contribution in [-0.2, 0) is 4.79 Å². The van der Waals surface area contributed by atoms with Gasteiger partial charge in [-0.2, -0.15) is 0 Å². The Morgan fingerprint density at radius 1 is 1.35 bits per heavy atom. The van der Waals surface area contributed by atoms with Crippen LogP contribution in [0, 0.1) is 24.7 Å². The standard InChI is InChI=1S/C17H21NO2/c1-13-9-15(7-4-8-19)11-16(10-13)18-17(20)12-14-5-2-3-6-14/h9-11,14,19H,2-3,5-6,8,12H2,1H3,(H,18,20). The molecule has 20 heavy (non-hydrogen) atoms. The molecule has 0 heterocycles. The average Bonchev–Trinajstić information content (AvgIpc) is 2.88. The molecule has 1 aromatic rings. The smallest absolute Gasteiger partial charge is 0.224 e. The molecule has 1 amide bonds. The summed E-state index contributed by atoms with van der Waals surface area (Å²) in [5.41, 5.74) is 2.65. The van der Waals surface area contributed by atoms with Crippen LogP contribution in [0.4, 0.5) is 5.69 Å². The zero-order valence-corrected chi connectivity index (χ0v) is 11.9. The monoisotopic (exact) mass is 271 g/mol. The average molecular weight is 271 g/mol. The van der Waals surface area contributed by atoms with Crippen LogP contribution in [0.2, 0.25) is 0 Å². The Balaban J connectivity index is 2.00. The van der Waals surface area contributed by atoms with E-state index in [1.807, 2.05) is 25.1 Å². The third kappa shape index (κ3) is 4.40. The molecule has 3 nitrogen and oxygen atoms in total. The van der Waals surface area contributed by atoms with Crippen LogP contribution in [0.25, 0.3) is 0 Å². The van der Waals surface area contributed by atoms with Gasteiger partial charge in [0, 0.05) is 17.7 Å². The number of carbonyl (C=O) groups excluding carboxylic acids is 1. The van der Waals surface area contributed by atoms with E-state index in [4.69, 9.17) is 5.11 Å². The Morgan fingerprint density at radius 2 is 2.10 bits per heavy atom. The summed E-state index contributed by atoms with van der Waals surface area (Å²) in [6.07, 6.45) is 5.47. The number of aliphatic hydroxyl groups is 1. The van der Waals surface area contributed by atoms with Crippen LogP contribution in [0.1, 0.15) is 43.2 Å². The van der Waals surface area contributed by atoms with Gasteiger partial charge in [0.15, 0.2) is 0 Å². The number of aryl methyl sites for hydroxylation is 1. The lowest BCUT2D eigenvalue weighted by molar-refractivity contribution is -0.117. The summed E-state index contributed by atoms with van der Waals surface area (Å²) in [6.45, 7) is 1.81. The maximum absolute atomic E-state index is 12.0. The lowest BCUT2D eigenvalue weighted by Gasteiger charge is -2.10. The van der Waals surface area contributed by atoms with Crippen molar-refractivity contribution in [2.24, 2.45) is 5.92 Å². The van der Waals surface area contributed by atoms with Gasteiger partial charge in [-0.3, -0.25) is 4.79 Å². The largest absolute Gasteiger partial charge is 0.384 e. The predicted molar refractivity (Wildman–Crippen MR) is 80.3 cm³/mol. The Hall–Kier alpha value is -1.79. The van der Waals surface area contributed by atoms with Gasteiger partial charge in [-0.15, -0.1) is 0 Å². The van der Waals surface area contributed by atoms with Crippen molar-refractivity contribution in [2.45, 2.75) is 39.0 Å². The molecule has 1 aromatic carbocycles. The van der Waals surface area contributed by atoms with Gasteiger partial charge in [0.05, 0.1) is 0 Å². The highest BCUT2D eigenvalue weighted by Crippen LogP contribution is 2.27. The molecule has 106 valence electrons. The molecule has 0 unspecified atom stereocenters. The molecule has 0 bridgehead atoms. The van der Waals surface area contributed by atoms with Crippen LogP contribution < -0.4 is 5.32 Å². The van der Waals surface area contributed by atoms with Crippen LogP contribution in [0.5, 0.6) is 0 Å². The first-order valence-electron chi connectivity index (χ1n) is 7.18. The van der Waals surface area contributed by atoms with Crippen molar-refractivity contribution in [1.29, 1.82) is 0 Å². The molecular weight excluding hydrogens is 250 g/mol. The molecule has 0 spiro atoms. The minimum atomic E-state index is -0.155. The molecule has 1 aliphatic carbocycles. The summed E-state index contributed by atoms with van der Waals surface area (Å²) in [5.74, 6) is 6.13. The van der Waals surface area contributed by atoms with Gasteiger partial charge >= 0.3 is 0 Å². The van der Waals surface area contributed by atoms with Gasteiger partial charge < -0.3 is 10.4 Å². The second-order valence-electron chi connectivity index (χ2n) is 5.45. The minimum Gasteiger partial charge on any atom is -0.384 e. The van der Waals surface area contributed by atoms with E-state index in [0.29, 0.717) is 12.3 Å². The van der Waals surface area contributed by atoms with Crippen LogP contribution in [0.15, 0.2) is 18.2 Å². The number of anilines is 1. The van der Waals surface area contributed by atoms with Crippen molar-refractivity contribution in [2.75, 3.05) is 11.9 Å². The van der Waals surface area contributed by atoms with E-state index >= 15 is 0 Å². The Morgan fingerprint density at radius 3 is 2.80 bits per heavy atom. The summed E-state index contributed by atoms with van der Waals surface area (Å²) in [6, 6.07) is 5.73. The van der Waals surface area contributed by atoms with Crippen LogP contribution in [0.3, 0.4) is 0 Å². The van der Waals surface area contributed by atoms with Crippen molar-refractivity contribution in [1.82, 2.24) is 0 Å². The summed E-state index contributed by atoms with van der Waals surface area (Å²) < 4.78 is 0. The van der Waals surface area contributed by atoms with E-state index in [1.165, 1.54) is 25.7 Å². The number of benzene rings is 1. The maximum Gasteiger partial charge on any atom is 0.224 e. The first-order valence-corrected chi connectivity index (χ1v) is 7.18. The molecule has 1 saturated carbocycles. The number of rotatable bonds is 3. The molecule has 1 aliphatic rings. The number of hydrogen-bond donors (Lipinski definition) is 2. The van der Waals surface area contributed by atoms with Crippen molar-refractivity contribution in [3.8, 4) is 11.8 Å². The molecule has 0 saturated heterocycles. The summed E-state index contributed by atoms with van der Waals surface area (Å²) in [4.78, 5) is 12.0. The van der Waals surface area contributed by atoms with Crippen LogP contribution in [-0.4, -0.2) is 17.6 Å². The molecule has 0 aliphatic heterocycles. The van der Waals surface area contributed by atoms with E-state index in [0.717, 1.165) is 16.8 Å². The van der Waals surface area contributed by atoms with E-state index in [2.05, 4.69) is 17.2 Å². The molecule has 0 atom stereocenters. The van der Waals surface area contributed by atoms with E-state index < -0.39 is 0 Å². The molecule has 0 radical (unpaired) electrons. The molecule has 2 rings (SSSR count). The number of hydrogen-bond acceptors (Lipinski definition) is 2. The van der Waals surface area contributed by atoms with Crippen molar-refractivity contribution in [3.63, 3.8) is 0 Å². The number of amides is 1. The predicted octanol–water partition coefficient (Wildman–Crippen LogP) is 2.86. The SMILES string of the molecule is Cc1cc(C#CCO)cc(NC(=O)CC2CCCC2)c1. The maximum atomic E-state index is 12.0. The first kappa shape index (κ1) is 14.6. The summed E-state index contributed by atoms with van der Waals surface area (Å²) >= 11 is 0. The Labute approximate surface area is 120 Å². The fraction of sp³-hybridized carbons (Fsp3) is 0.471. The van der Waals surface area contributed by atoms with E-state index in [9.17, 15) is 4.79 Å². The molecule has 0 aromatic heterocycles. The highest BCUT2D eigenvalue weighted by molar-refractivity contribution is 5.91. The summed E-state index contributed by atoms with van der Waals surface area (Å²) in [5, 5.41) is 11.7. The molecule has 3 heteroatoms. The van der Waals surface area contributed by atoms with Gasteiger partial charge in [0.25, 0.3) is 0 Å². The van der Waals surface area contributed by atoms with Gasteiger partial charge in [-0.1, -0.05) is 24.7 Å². The second-order valence-corrected chi connectivity index (χ2v) is 5.45. The summed E-state index contributed by atoms with van der Waals surface area (Å²) in [7, 11) is 0. The number of nitrogens with one attached hydrogen (secondary N) is 1. The van der Waals surface area contributed by atoms with Crippen LogP contribution >= 0.6 is 0 Å². The quantitative estimate of drug-likeness (QED) is 0.831. The second kappa shape index (κ2) is 7.12. The van der Waals surface area contributed by atoms with Gasteiger partial charge in [-0.25, -0.2) is 0 Å². The molecule has 2 N–H and O–H groups in total. The van der Waals surface area contributed by atoms with Crippen molar-refractivity contribution < 1.29 is 9.90 Å². The highest BCUT2D eigenvalue weighted by Gasteiger charge is 2.18. The number of carbonyl (C=O) groups is 1. The highest BCUT2D eigenvalue weighted by atomic mass is 16.2. The topological polar surface area (TPSA) is 49.3 Å². The zero-order chi connectivity index (χ0) is 14.4. The Kier molecular flexibility index (Phi) is 5.20. The fourth-order valence-electron chi connectivity index (χ4n) is 2.76. The minimum absolute atomic E-state index is 0.0866. The normalized spacial score (nSPS) is 14.7. The van der Waals surface area contributed by atoms with E-state index in [-0.39, 0.29) is 12.5 Å². The first-order chi connectivity index (χ1) is 9.67.